The van der Waals surface area contributed by atoms with Crippen LogP contribution in [0.1, 0.15) is 52.2 Å². The molecule has 9 heteroatoms. The van der Waals surface area contributed by atoms with Crippen molar-refractivity contribution in [1.29, 1.82) is 0 Å². The zero-order valence-corrected chi connectivity index (χ0v) is 20.8. The largest absolute Gasteiger partial charge is 0.489 e. The van der Waals surface area contributed by atoms with E-state index in [2.05, 4.69) is 5.16 Å². The number of amides is 1. The summed E-state index contributed by atoms with van der Waals surface area (Å²) in [6.07, 6.45) is 3.48. The molecule has 3 aromatic rings. The average Bonchev–Trinajstić information content (AvgIpc) is 3.45. The van der Waals surface area contributed by atoms with Crippen molar-refractivity contribution in [2.45, 2.75) is 51.0 Å². The third-order valence-corrected chi connectivity index (χ3v) is 8.68. The van der Waals surface area contributed by atoms with E-state index in [1.165, 1.54) is 0 Å². The lowest BCUT2D eigenvalue weighted by molar-refractivity contribution is 0.0989. The number of nitrogens with zero attached hydrogens (tertiary/aromatic N) is 3. The quantitative estimate of drug-likeness (QED) is 0.508. The van der Waals surface area contributed by atoms with Gasteiger partial charge in [-0.25, -0.2) is 8.42 Å². The number of piperidine rings is 1. The second kappa shape index (κ2) is 9.47. The highest BCUT2D eigenvalue weighted by molar-refractivity contribution is 7.89. The molecule has 0 aliphatic carbocycles. The summed E-state index contributed by atoms with van der Waals surface area (Å²) in [5.41, 5.74) is 3.83. The molecule has 1 fully saturated rings. The van der Waals surface area contributed by atoms with Crippen LogP contribution in [0.5, 0.6) is 5.75 Å². The molecule has 0 spiro atoms. The summed E-state index contributed by atoms with van der Waals surface area (Å²) >= 11 is 0. The Kier molecular flexibility index (Phi) is 6.37. The van der Waals surface area contributed by atoms with Crippen LogP contribution in [0.3, 0.4) is 0 Å². The predicted octanol–water partition coefficient (Wildman–Crippen LogP) is 4.25. The third-order valence-electron chi connectivity index (χ3n) is 6.79. The number of aromatic nitrogens is 1. The van der Waals surface area contributed by atoms with Crippen LogP contribution in [0.2, 0.25) is 0 Å². The molecule has 2 aromatic carbocycles. The minimum atomic E-state index is -3.51. The van der Waals surface area contributed by atoms with Gasteiger partial charge in [-0.2, -0.15) is 4.31 Å². The third kappa shape index (κ3) is 4.58. The fourth-order valence-corrected chi connectivity index (χ4v) is 6.31. The molecule has 3 heterocycles. The van der Waals surface area contributed by atoms with Crippen LogP contribution in [-0.4, -0.2) is 43.4 Å². The molecule has 0 unspecified atom stereocenters. The summed E-state index contributed by atoms with van der Waals surface area (Å²) in [5, 5.41) is 3.94. The maximum atomic E-state index is 13.4. The SMILES string of the molecule is Cc1noc(C)c1COc1cccc(C(=O)N2CCc3cc(S(=O)(=O)N4CCCCC4)ccc32)c1. The zero-order valence-electron chi connectivity index (χ0n) is 20.0. The van der Waals surface area contributed by atoms with E-state index in [4.69, 9.17) is 9.26 Å². The molecule has 0 radical (unpaired) electrons. The van der Waals surface area contributed by atoms with Gasteiger partial charge in [0, 0.05) is 30.9 Å². The van der Waals surface area contributed by atoms with Gasteiger partial charge in [-0.15, -0.1) is 0 Å². The summed E-state index contributed by atoms with van der Waals surface area (Å²) in [7, 11) is -3.51. The van der Waals surface area contributed by atoms with Crippen molar-refractivity contribution in [3.63, 3.8) is 0 Å². The lowest BCUT2D eigenvalue weighted by Crippen LogP contribution is -2.35. The zero-order chi connectivity index (χ0) is 24.6. The lowest BCUT2D eigenvalue weighted by Gasteiger charge is -2.26. The lowest BCUT2D eigenvalue weighted by atomic mass is 10.1. The number of ether oxygens (including phenoxy) is 1. The highest BCUT2D eigenvalue weighted by Gasteiger charge is 2.30. The highest BCUT2D eigenvalue weighted by atomic mass is 32.2. The van der Waals surface area contributed by atoms with Gasteiger partial charge in [0.1, 0.15) is 18.1 Å². The number of hydrogen-bond donors (Lipinski definition) is 0. The van der Waals surface area contributed by atoms with Crippen LogP contribution in [0, 0.1) is 13.8 Å². The summed E-state index contributed by atoms with van der Waals surface area (Å²) in [5.74, 6) is 1.15. The molecule has 1 aromatic heterocycles. The Bertz CT molecular complexity index is 1340. The van der Waals surface area contributed by atoms with Crippen LogP contribution in [0.15, 0.2) is 51.9 Å². The molecule has 5 rings (SSSR count). The van der Waals surface area contributed by atoms with Crippen molar-refractivity contribution >= 4 is 21.6 Å². The van der Waals surface area contributed by atoms with Crippen molar-refractivity contribution in [2.75, 3.05) is 24.5 Å². The Morgan fingerprint density at radius 1 is 1.06 bits per heavy atom. The number of aryl methyl sites for hydroxylation is 2. The standard InChI is InChI=1S/C26H29N3O5S/c1-18-24(19(2)34-27-18)17-33-22-8-6-7-21(15-22)26(30)29-14-11-20-16-23(9-10-25(20)29)35(31,32)28-12-4-3-5-13-28/h6-10,15-16H,3-5,11-14,17H2,1-2H3. The minimum absolute atomic E-state index is 0.141. The van der Waals surface area contributed by atoms with Crippen molar-refractivity contribution in [3.05, 3.63) is 70.6 Å². The number of benzene rings is 2. The molecule has 0 saturated carbocycles. The molecule has 35 heavy (non-hydrogen) atoms. The van der Waals surface area contributed by atoms with E-state index in [0.717, 1.165) is 41.8 Å². The van der Waals surface area contributed by atoms with E-state index in [-0.39, 0.29) is 5.91 Å². The Morgan fingerprint density at radius 3 is 2.60 bits per heavy atom. The number of fused-ring (bicyclic) bond motifs is 1. The number of rotatable bonds is 6. The van der Waals surface area contributed by atoms with Crippen LogP contribution in [0.4, 0.5) is 5.69 Å². The molecular weight excluding hydrogens is 466 g/mol. The first kappa shape index (κ1) is 23.6. The first-order chi connectivity index (χ1) is 16.8. The van der Waals surface area contributed by atoms with Crippen molar-refractivity contribution < 1.29 is 22.5 Å². The maximum absolute atomic E-state index is 13.4. The number of carbonyl (C=O) groups is 1. The van der Waals surface area contributed by atoms with Gasteiger partial charge in [0.15, 0.2) is 0 Å². The highest BCUT2D eigenvalue weighted by Crippen LogP contribution is 2.33. The normalized spacial score (nSPS) is 16.3. The van der Waals surface area contributed by atoms with E-state index in [0.29, 0.717) is 54.6 Å². The molecule has 1 amide bonds. The Balaban J connectivity index is 1.32. The summed E-state index contributed by atoms with van der Waals surface area (Å²) in [4.78, 5) is 15.4. The maximum Gasteiger partial charge on any atom is 0.258 e. The number of hydrogen-bond acceptors (Lipinski definition) is 6. The molecule has 2 aliphatic heterocycles. The van der Waals surface area contributed by atoms with Gasteiger partial charge >= 0.3 is 0 Å². The second-order valence-corrected chi connectivity index (χ2v) is 11.0. The average molecular weight is 496 g/mol. The van der Waals surface area contributed by atoms with Gasteiger partial charge in [0.25, 0.3) is 5.91 Å². The van der Waals surface area contributed by atoms with Gasteiger partial charge < -0.3 is 14.2 Å². The molecule has 0 atom stereocenters. The molecule has 184 valence electrons. The number of sulfonamides is 1. The van der Waals surface area contributed by atoms with Gasteiger partial charge in [0.05, 0.1) is 16.2 Å². The molecule has 0 bridgehead atoms. The fourth-order valence-electron chi connectivity index (χ4n) is 4.74. The van der Waals surface area contributed by atoms with Crippen molar-refractivity contribution in [2.24, 2.45) is 0 Å². The van der Waals surface area contributed by atoms with Gasteiger partial charge in [-0.1, -0.05) is 17.6 Å². The minimum Gasteiger partial charge on any atom is -0.489 e. The monoisotopic (exact) mass is 495 g/mol. The molecular formula is C26H29N3O5S. The van der Waals surface area contributed by atoms with Crippen LogP contribution in [0.25, 0.3) is 0 Å². The van der Waals surface area contributed by atoms with Gasteiger partial charge in [-0.05, 0) is 75.1 Å². The van der Waals surface area contributed by atoms with Gasteiger partial charge in [-0.3, -0.25) is 4.79 Å². The van der Waals surface area contributed by atoms with Crippen LogP contribution < -0.4 is 9.64 Å². The molecule has 2 aliphatic rings. The van der Waals surface area contributed by atoms with Gasteiger partial charge in [0.2, 0.25) is 10.0 Å². The Labute approximate surface area is 205 Å². The van der Waals surface area contributed by atoms with E-state index < -0.39 is 10.0 Å². The predicted molar refractivity (Wildman–Crippen MR) is 131 cm³/mol. The summed E-state index contributed by atoms with van der Waals surface area (Å²) in [6, 6.07) is 12.2. The fraction of sp³-hybridized carbons (Fsp3) is 0.385. The smallest absolute Gasteiger partial charge is 0.258 e. The van der Waals surface area contributed by atoms with E-state index >= 15 is 0 Å². The first-order valence-corrected chi connectivity index (χ1v) is 13.4. The van der Waals surface area contributed by atoms with E-state index in [1.807, 2.05) is 19.9 Å². The van der Waals surface area contributed by atoms with E-state index in [9.17, 15) is 13.2 Å². The molecule has 1 saturated heterocycles. The Morgan fingerprint density at radius 2 is 1.86 bits per heavy atom. The van der Waals surface area contributed by atoms with Crippen molar-refractivity contribution in [1.82, 2.24) is 9.46 Å². The van der Waals surface area contributed by atoms with Crippen molar-refractivity contribution in [3.8, 4) is 5.75 Å². The molecule has 0 N–H and O–H groups in total. The van der Waals surface area contributed by atoms with Crippen LogP contribution >= 0.6 is 0 Å². The van der Waals surface area contributed by atoms with Crippen LogP contribution in [-0.2, 0) is 23.1 Å². The number of carbonyl (C=O) groups excluding carboxylic acids is 1. The summed E-state index contributed by atoms with van der Waals surface area (Å²) in [6.45, 7) is 5.65. The second-order valence-electron chi connectivity index (χ2n) is 9.08. The molecule has 8 nitrogen and oxygen atoms in total. The number of anilines is 1. The topological polar surface area (TPSA) is 93.0 Å². The summed E-state index contributed by atoms with van der Waals surface area (Å²) < 4.78 is 38.8. The van der Waals surface area contributed by atoms with E-state index in [1.54, 1.807) is 45.6 Å². The first-order valence-electron chi connectivity index (χ1n) is 11.9. The Hall–Kier alpha value is -3.17.